The van der Waals surface area contributed by atoms with Gasteiger partial charge in [-0.05, 0) is 62.2 Å². The van der Waals surface area contributed by atoms with E-state index >= 15 is 0 Å². The molecule has 5 aliphatic rings. The zero-order valence-corrected chi connectivity index (χ0v) is 12.1. The maximum absolute atomic E-state index is 12.1. The van der Waals surface area contributed by atoms with Crippen molar-refractivity contribution in [3.63, 3.8) is 0 Å². The zero-order valence-electron chi connectivity index (χ0n) is 12.1. The highest BCUT2D eigenvalue weighted by atomic mass is 16.5. The van der Waals surface area contributed by atoms with Crippen LogP contribution in [0.5, 0.6) is 0 Å². The molecular weight excluding hydrogens is 252 g/mol. The number of hydrogen-bond acceptors (Lipinski definition) is 2. The summed E-state index contributed by atoms with van der Waals surface area (Å²) in [6.07, 6.45) is 7.97. The van der Waals surface area contributed by atoms with Crippen LogP contribution in [0, 0.1) is 29.6 Å². The van der Waals surface area contributed by atoms with Crippen LogP contribution < -0.4 is 10.6 Å². The van der Waals surface area contributed by atoms with Gasteiger partial charge < -0.3 is 15.4 Å². The number of nitrogens with one attached hydrogen (secondary N) is 2. The molecule has 4 aliphatic carbocycles. The van der Waals surface area contributed by atoms with E-state index in [1.807, 2.05) is 0 Å². The van der Waals surface area contributed by atoms with Crippen LogP contribution in [0.4, 0.5) is 4.79 Å². The van der Waals surface area contributed by atoms with E-state index in [0.29, 0.717) is 12.0 Å². The van der Waals surface area contributed by atoms with Gasteiger partial charge in [-0.15, -0.1) is 0 Å². The minimum Gasteiger partial charge on any atom is -0.381 e. The Kier molecular flexibility index (Phi) is 3.37. The van der Waals surface area contributed by atoms with E-state index < -0.39 is 0 Å². The van der Waals surface area contributed by atoms with Crippen molar-refractivity contribution in [3.8, 4) is 0 Å². The Morgan fingerprint density at radius 3 is 2.35 bits per heavy atom. The Morgan fingerprint density at radius 2 is 1.75 bits per heavy atom. The van der Waals surface area contributed by atoms with Crippen LogP contribution >= 0.6 is 0 Å². The summed E-state index contributed by atoms with van der Waals surface area (Å²) in [6.45, 7) is 2.42. The summed E-state index contributed by atoms with van der Waals surface area (Å²) in [5.74, 6) is 3.96. The summed E-state index contributed by atoms with van der Waals surface area (Å²) in [5.41, 5.74) is 0. The lowest BCUT2D eigenvalue weighted by molar-refractivity contribution is -0.00944. The first-order chi connectivity index (χ1) is 9.78. The molecule has 20 heavy (non-hydrogen) atoms. The van der Waals surface area contributed by atoms with Crippen molar-refractivity contribution in [2.24, 2.45) is 29.6 Å². The van der Waals surface area contributed by atoms with Gasteiger partial charge in [-0.1, -0.05) is 0 Å². The molecule has 4 saturated carbocycles. The van der Waals surface area contributed by atoms with E-state index in [9.17, 15) is 4.79 Å². The predicted molar refractivity (Wildman–Crippen MR) is 76.3 cm³/mol. The fourth-order valence-electron chi connectivity index (χ4n) is 5.34. The molecule has 4 nitrogen and oxygen atoms in total. The fourth-order valence-corrected chi connectivity index (χ4v) is 5.34. The molecule has 1 saturated heterocycles. The van der Waals surface area contributed by atoms with Gasteiger partial charge in [0.2, 0.25) is 0 Å². The van der Waals surface area contributed by atoms with Gasteiger partial charge in [0.05, 0.1) is 6.61 Å². The molecule has 0 radical (unpaired) electrons. The van der Waals surface area contributed by atoms with Crippen molar-refractivity contribution < 1.29 is 9.53 Å². The average Bonchev–Trinajstić information content (AvgIpc) is 2.93. The summed E-state index contributed by atoms with van der Waals surface area (Å²) in [4.78, 5) is 12.1. The molecule has 5 fully saturated rings. The number of carbonyl (C=O) groups is 1. The molecule has 2 amide bonds. The lowest BCUT2D eigenvalue weighted by atomic mass is 9.54. The normalized spacial score (nSPS) is 45.6. The van der Waals surface area contributed by atoms with Gasteiger partial charge >= 0.3 is 6.03 Å². The number of hydrogen-bond donors (Lipinski definition) is 2. The molecule has 112 valence electrons. The van der Waals surface area contributed by atoms with Gasteiger partial charge in [-0.3, -0.25) is 0 Å². The van der Waals surface area contributed by atoms with Crippen molar-refractivity contribution in [2.45, 2.75) is 44.6 Å². The van der Waals surface area contributed by atoms with Gasteiger partial charge in [0.15, 0.2) is 0 Å². The second kappa shape index (κ2) is 5.21. The first-order valence-corrected chi connectivity index (χ1v) is 8.40. The van der Waals surface area contributed by atoms with E-state index in [1.165, 1.54) is 32.1 Å². The molecule has 1 aliphatic heterocycles. The maximum Gasteiger partial charge on any atom is 0.315 e. The summed E-state index contributed by atoms with van der Waals surface area (Å²) < 4.78 is 5.34. The SMILES string of the molecule is O=C(NCC1CCOC1)NC1C2CC3CC(C2)CC1C3. The smallest absolute Gasteiger partial charge is 0.315 e. The standard InChI is InChI=1S/C16H26N2O2/c19-16(17-8-10-1-2-20-9-10)18-15-13-4-11-3-12(6-13)7-14(15)5-11/h10-15H,1-9H2,(H2,17,18,19). The van der Waals surface area contributed by atoms with Gasteiger partial charge in [-0.2, -0.15) is 0 Å². The topological polar surface area (TPSA) is 50.4 Å². The molecule has 5 rings (SSSR count). The largest absolute Gasteiger partial charge is 0.381 e. The first-order valence-electron chi connectivity index (χ1n) is 8.40. The van der Waals surface area contributed by atoms with E-state index in [1.54, 1.807) is 0 Å². The third-order valence-corrected chi connectivity index (χ3v) is 6.10. The molecule has 1 atom stereocenters. The second-order valence-electron chi connectivity index (χ2n) is 7.54. The number of ether oxygens (including phenoxy) is 1. The van der Waals surface area contributed by atoms with Crippen LogP contribution in [-0.2, 0) is 4.74 Å². The van der Waals surface area contributed by atoms with E-state index in [2.05, 4.69) is 10.6 Å². The highest BCUT2D eigenvalue weighted by molar-refractivity contribution is 5.74. The van der Waals surface area contributed by atoms with Gasteiger partial charge in [0.1, 0.15) is 0 Å². The third kappa shape index (κ3) is 2.43. The van der Waals surface area contributed by atoms with Crippen LogP contribution in [-0.4, -0.2) is 31.8 Å². The summed E-state index contributed by atoms with van der Waals surface area (Å²) in [6, 6.07) is 0.497. The molecule has 0 aromatic rings. The second-order valence-corrected chi connectivity index (χ2v) is 7.54. The van der Waals surface area contributed by atoms with Crippen molar-refractivity contribution >= 4 is 6.03 Å². The predicted octanol–water partition coefficient (Wildman–Crippen LogP) is 2.15. The average molecular weight is 278 g/mol. The Balaban J connectivity index is 1.29. The monoisotopic (exact) mass is 278 g/mol. The van der Waals surface area contributed by atoms with E-state index in [4.69, 9.17) is 4.74 Å². The molecular formula is C16H26N2O2. The Bertz CT molecular complexity index is 351. The van der Waals surface area contributed by atoms with Crippen molar-refractivity contribution in [2.75, 3.05) is 19.8 Å². The Morgan fingerprint density at radius 1 is 1.05 bits per heavy atom. The lowest BCUT2D eigenvalue weighted by Gasteiger charge is -2.54. The summed E-state index contributed by atoms with van der Waals surface area (Å²) in [5, 5.41) is 6.35. The van der Waals surface area contributed by atoms with Crippen molar-refractivity contribution in [1.29, 1.82) is 0 Å². The molecule has 1 heterocycles. The van der Waals surface area contributed by atoms with Crippen LogP contribution in [0.1, 0.15) is 38.5 Å². The van der Waals surface area contributed by atoms with Gasteiger partial charge in [0.25, 0.3) is 0 Å². The number of carbonyl (C=O) groups excluding carboxylic acids is 1. The molecule has 4 bridgehead atoms. The number of urea groups is 1. The molecule has 0 aromatic carbocycles. The van der Waals surface area contributed by atoms with Gasteiger partial charge in [0, 0.05) is 25.1 Å². The van der Waals surface area contributed by atoms with Crippen LogP contribution in [0.25, 0.3) is 0 Å². The lowest BCUT2D eigenvalue weighted by Crippen LogP contribution is -2.57. The summed E-state index contributed by atoms with van der Waals surface area (Å²) >= 11 is 0. The Labute approximate surface area is 121 Å². The molecule has 2 N–H and O–H groups in total. The van der Waals surface area contributed by atoms with E-state index in [0.717, 1.165) is 49.9 Å². The molecule has 4 heteroatoms. The van der Waals surface area contributed by atoms with Crippen LogP contribution in [0.2, 0.25) is 0 Å². The van der Waals surface area contributed by atoms with Crippen LogP contribution in [0.3, 0.4) is 0 Å². The quantitative estimate of drug-likeness (QED) is 0.831. The van der Waals surface area contributed by atoms with Crippen molar-refractivity contribution in [1.82, 2.24) is 10.6 Å². The fraction of sp³-hybridized carbons (Fsp3) is 0.938. The highest BCUT2D eigenvalue weighted by Crippen LogP contribution is 2.53. The van der Waals surface area contributed by atoms with Crippen LogP contribution in [0.15, 0.2) is 0 Å². The zero-order chi connectivity index (χ0) is 13.5. The highest BCUT2D eigenvalue weighted by Gasteiger charge is 2.48. The number of rotatable bonds is 3. The maximum atomic E-state index is 12.1. The van der Waals surface area contributed by atoms with E-state index in [-0.39, 0.29) is 6.03 Å². The minimum absolute atomic E-state index is 0.0503. The summed E-state index contributed by atoms with van der Waals surface area (Å²) in [7, 11) is 0. The minimum atomic E-state index is 0.0503. The van der Waals surface area contributed by atoms with Gasteiger partial charge in [-0.25, -0.2) is 4.79 Å². The number of amides is 2. The molecule has 0 aromatic heterocycles. The van der Waals surface area contributed by atoms with Crippen molar-refractivity contribution in [3.05, 3.63) is 0 Å². The Hall–Kier alpha value is -0.770. The third-order valence-electron chi connectivity index (χ3n) is 6.10. The first kappa shape index (κ1) is 12.9. The molecule has 1 unspecified atom stereocenters. The molecule has 0 spiro atoms.